The van der Waals surface area contributed by atoms with E-state index in [4.69, 9.17) is 32.7 Å². The summed E-state index contributed by atoms with van der Waals surface area (Å²) in [6.45, 7) is 4.83. The molecule has 0 atom stereocenters. The number of aromatic nitrogens is 2. The van der Waals surface area contributed by atoms with Crippen molar-refractivity contribution in [2.75, 3.05) is 38.7 Å². The van der Waals surface area contributed by atoms with Gasteiger partial charge in [-0.25, -0.2) is 0 Å². The van der Waals surface area contributed by atoms with E-state index in [9.17, 15) is 4.79 Å². The Balaban J connectivity index is 1.45. The van der Waals surface area contributed by atoms with Crippen LogP contribution < -0.4 is 15.4 Å². The van der Waals surface area contributed by atoms with Crippen molar-refractivity contribution in [3.8, 4) is 6.01 Å². The van der Waals surface area contributed by atoms with Gasteiger partial charge in [-0.15, -0.1) is 0 Å². The summed E-state index contributed by atoms with van der Waals surface area (Å²) in [4.78, 5) is 24.0. The Morgan fingerprint density at radius 3 is 2.45 bits per heavy atom. The van der Waals surface area contributed by atoms with E-state index in [1.807, 2.05) is 11.8 Å². The van der Waals surface area contributed by atoms with Gasteiger partial charge in [0, 0.05) is 49.6 Å². The molecular formula is C23H29Cl2N5O3. The van der Waals surface area contributed by atoms with Gasteiger partial charge in [0.05, 0.1) is 17.2 Å². The lowest BCUT2D eigenvalue weighted by molar-refractivity contribution is 0.0627. The molecule has 2 fully saturated rings. The second kappa shape index (κ2) is 10.9. The van der Waals surface area contributed by atoms with Gasteiger partial charge in [0.25, 0.3) is 5.91 Å². The molecule has 1 aromatic heterocycles. The van der Waals surface area contributed by atoms with Crippen molar-refractivity contribution >= 4 is 40.6 Å². The smallest absolute Gasteiger partial charge is 0.318 e. The molecule has 0 aliphatic carbocycles. The number of hydrogen-bond acceptors (Lipinski definition) is 7. The van der Waals surface area contributed by atoms with Gasteiger partial charge in [-0.3, -0.25) is 4.79 Å². The minimum absolute atomic E-state index is 0.116. The van der Waals surface area contributed by atoms with E-state index in [0.717, 1.165) is 38.9 Å². The predicted molar refractivity (Wildman–Crippen MR) is 129 cm³/mol. The Kier molecular flexibility index (Phi) is 7.90. The van der Waals surface area contributed by atoms with E-state index in [1.165, 1.54) is 7.11 Å². The Labute approximate surface area is 204 Å². The Hall–Kier alpha value is -2.13. The zero-order valence-electron chi connectivity index (χ0n) is 18.9. The van der Waals surface area contributed by atoms with Crippen molar-refractivity contribution in [3.63, 3.8) is 0 Å². The monoisotopic (exact) mass is 493 g/mol. The Morgan fingerprint density at radius 1 is 1.09 bits per heavy atom. The number of amides is 1. The number of piperidine rings is 1. The standard InChI is InChI=1S/C23H29Cl2N5O3/c1-14-20(22(31)30-9-5-15(6-10-30)26-16-7-11-33-12-8-16)28-23(32-2)29-21(14)27-17-3-4-18(24)19(25)13-17/h3-4,13,15-16,26H,5-12H2,1-2H3,(H,27,28,29). The predicted octanol–water partition coefficient (Wildman–Crippen LogP) is 4.22. The van der Waals surface area contributed by atoms with Crippen LogP contribution in [0.4, 0.5) is 11.5 Å². The maximum Gasteiger partial charge on any atom is 0.318 e. The number of carbonyl (C=O) groups excluding carboxylic acids is 1. The van der Waals surface area contributed by atoms with E-state index in [2.05, 4.69) is 20.6 Å². The minimum Gasteiger partial charge on any atom is -0.467 e. The lowest BCUT2D eigenvalue weighted by Crippen LogP contribution is -2.49. The SMILES string of the molecule is COc1nc(Nc2ccc(Cl)c(Cl)c2)c(C)c(C(=O)N2CCC(NC3CCOCC3)CC2)n1. The van der Waals surface area contributed by atoms with E-state index in [0.29, 0.717) is 58.0 Å². The highest BCUT2D eigenvalue weighted by Gasteiger charge is 2.28. The molecule has 0 radical (unpaired) electrons. The van der Waals surface area contributed by atoms with Gasteiger partial charge in [-0.05, 0) is 50.8 Å². The third kappa shape index (κ3) is 5.87. The fourth-order valence-corrected chi connectivity index (χ4v) is 4.52. The fraction of sp³-hybridized carbons (Fsp3) is 0.522. The van der Waals surface area contributed by atoms with Crippen molar-refractivity contribution in [2.45, 2.75) is 44.7 Å². The first-order chi connectivity index (χ1) is 15.9. The summed E-state index contributed by atoms with van der Waals surface area (Å²) in [5.41, 5.74) is 1.68. The zero-order chi connectivity index (χ0) is 23.4. The molecule has 2 N–H and O–H groups in total. The largest absolute Gasteiger partial charge is 0.467 e. The molecule has 0 unspecified atom stereocenters. The second-order valence-electron chi connectivity index (χ2n) is 8.41. The topological polar surface area (TPSA) is 88.6 Å². The van der Waals surface area contributed by atoms with Crippen molar-refractivity contribution in [1.29, 1.82) is 0 Å². The van der Waals surface area contributed by atoms with Gasteiger partial charge in [0.15, 0.2) is 0 Å². The van der Waals surface area contributed by atoms with Crippen molar-refractivity contribution < 1.29 is 14.3 Å². The van der Waals surface area contributed by atoms with Crippen LogP contribution >= 0.6 is 23.2 Å². The summed E-state index contributed by atoms with van der Waals surface area (Å²) in [5, 5.41) is 7.83. The average Bonchev–Trinajstić information content (AvgIpc) is 2.83. The number of nitrogens with one attached hydrogen (secondary N) is 2. The molecular weight excluding hydrogens is 465 g/mol. The van der Waals surface area contributed by atoms with Gasteiger partial charge in [-0.1, -0.05) is 23.2 Å². The molecule has 2 aliphatic rings. The van der Waals surface area contributed by atoms with Crippen LogP contribution in [0.15, 0.2) is 18.2 Å². The molecule has 178 valence electrons. The fourth-order valence-electron chi connectivity index (χ4n) is 4.22. The first-order valence-electron chi connectivity index (χ1n) is 11.2. The molecule has 0 saturated carbocycles. The summed E-state index contributed by atoms with van der Waals surface area (Å²) in [5.74, 6) is 0.370. The maximum absolute atomic E-state index is 13.4. The van der Waals surface area contributed by atoms with Gasteiger partial charge in [0.2, 0.25) is 0 Å². The van der Waals surface area contributed by atoms with E-state index >= 15 is 0 Å². The number of methoxy groups -OCH3 is 1. The number of benzene rings is 1. The third-order valence-corrected chi connectivity index (χ3v) is 6.91. The normalized spacial score (nSPS) is 17.8. The molecule has 4 rings (SSSR count). The summed E-state index contributed by atoms with van der Waals surface area (Å²) in [6, 6.07) is 6.25. The van der Waals surface area contributed by atoms with E-state index < -0.39 is 0 Å². The van der Waals surface area contributed by atoms with Crippen LogP contribution in [0, 0.1) is 6.92 Å². The van der Waals surface area contributed by atoms with E-state index in [1.54, 1.807) is 18.2 Å². The lowest BCUT2D eigenvalue weighted by atomic mass is 10.0. The van der Waals surface area contributed by atoms with Gasteiger partial charge in [-0.2, -0.15) is 9.97 Å². The molecule has 2 aromatic rings. The van der Waals surface area contributed by atoms with Gasteiger partial charge < -0.3 is 25.0 Å². The summed E-state index contributed by atoms with van der Waals surface area (Å²) in [7, 11) is 1.48. The van der Waals surface area contributed by atoms with Gasteiger partial charge in [0.1, 0.15) is 11.5 Å². The van der Waals surface area contributed by atoms with Crippen LogP contribution in [0.1, 0.15) is 41.7 Å². The van der Waals surface area contributed by atoms with E-state index in [-0.39, 0.29) is 11.9 Å². The van der Waals surface area contributed by atoms with Crippen LogP contribution in [0.3, 0.4) is 0 Å². The quantitative estimate of drug-likeness (QED) is 0.622. The highest BCUT2D eigenvalue weighted by Crippen LogP contribution is 2.29. The number of halogens is 2. The Morgan fingerprint density at radius 2 is 1.79 bits per heavy atom. The first-order valence-corrected chi connectivity index (χ1v) is 12.0. The van der Waals surface area contributed by atoms with Crippen LogP contribution in [-0.4, -0.2) is 66.3 Å². The molecule has 0 bridgehead atoms. The minimum atomic E-state index is -0.116. The molecule has 3 heterocycles. The number of nitrogens with zero attached hydrogens (tertiary/aromatic N) is 3. The zero-order valence-corrected chi connectivity index (χ0v) is 20.4. The first kappa shape index (κ1) is 24.0. The number of carbonyl (C=O) groups is 1. The molecule has 1 amide bonds. The molecule has 2 aliphatic heterocycles. The van der Waals surface area contributed by atoms with Crippen molar-refractivity contribution in [1.82, 2.24) is 20.2 Å². The summed E-state index contributed by atoms with van der Waals surface area (Å²) < 4.78 is 10.7. The molecule has 8 nitrogen and oxygen atoms in total. The number of ether oxygens (including phenoxy) is 2. The third-order valence-electron chi connectivity index (χ3n) is 6.17. The lowest BCUT2D eigenvalue weighted by Gasteiger charge is -2.35. The number of anilines is 2. The molecule has 1 aromatic carbocycles. The number of likely N-dealkylation sites (tertiary alicyclic amines) is 1. The highest BCUT2D eigenvalue weighted by molar-refractivity contribution is 6.42. The van der Waals surface area contributed by atoms with Crippen LogP contribution in [-0.2, 0) is 4.74 Å². The number of rotatable bonds is 6. The van der Waals surface area contributed by atoms with Crippen LogP contribution in [0.25, 0.3) is 0 Å². The maximum atomic E-state index is 13.4. The summed E-state index contributed by atoms with van der Waals surface area (Å²) >= 11 is 12.1. The van der Waals surface area contributed by atoms with Crippen LogP contribution in [0.5, 0.6) is 6.01 Å². The second-order valence-corrected chi connectivity index (χ2v) is 9.22. The number of hydrogen-bond donors (Lipinski definition) is 2. The molecule has 2 saturated heterocycles. The Bertz CT molecular complexity index is 992. The summed E-state index contributed by atoms with van der Waals surface area (Å²) in [6.07, 6.45) is 3.93. The van der Waals surface area contributed by atoms with Crippen LogP contribution in [0.2, 0.25) is 10.0 Å². The molecule has 33 heavy (non-hydrogen) atoms. The molecule has 0 spiro atoms. The van der Waals surface area contributed by atoms with Crippen molar-refractivity contribution in [2.24, 2.45) is 0 Å². The van der Waals surface area contributed by atoms with Gasteiger partial charge >= 0.3 is 6.01 Å². The van der Waals surface area contributed by atoms with Crippen molar-refractivity contribution in [3.05, 3.63) is 39.5 Å². The molecule has 10 heteroatoms. The highest BCUT2D eigenvalue weighted by atomic mass is 35.5. The average molecular weight is 494 g/mol.